The van der Waals surface area contributed by atoms with E-state index in [4.69, 9.17) is 4.74 Å². The second-order valence-electron chi connectivity index (χ2n) is 3.81. The lowest BCUT2D eigenvalue weighted by molar-refractivity contribution is -0.141. The molecule has 1 atom stereocenters. The molecule has 1 unspecified atom stereocenters. The highest BCUT2D eigenvalue weighted by atomic mass is 16.5. The quantitative estimate of drug-likeness (QED) is 0.429. The summed E-state index contributed by atoms with van der Waals surface area (Å²) in [6, 6.07) is 0. The molecule has 0 aromatic carbocycles. The first-order valence-electron chi connectivity index (χ1n) is 5.34. The van der Waals surface area contributed by atoms with Crippen LogP contribution in [0.5, 0.6) is 0 Å². The van der Waals surface area contributed by atoms with Crippen LogP contribution in [-0.2, 0) is 9.53 Å². The van der Waals surface area contributed by atoms with Gasteiger partial charge in [0.1, 0.15) is 6.10 Å². The Bertz CT molecular complexity index is 235. The van der Waals surface area contributed by atoms with Crippen LogP contribution >= 0.6 is 0 Å². The third kappa shape index (κ3) is 9.30. The minimum Gasteiger partial charge on any atom is -0.466 e. The fraction of sp³-hybridized carbons (Fsp3) is 0.750. The van der Waals surface area contributed by atoms with Gasteiger partial charge in [0, 0.05) is 13.3 Å². The standard InChI is InChI=1S/C12H20O3/c1-10(2)12(14)8-6-4-5-7-9-15-11(3)13/h10,12,14H,4-5,7,9H2,1-3H3. The first-order valence-corrected chi connectivity index (χ1v) is 5.34. The van der Waals surface area contributed by atoms with Gasteiger partial charge in [0.05, 0.1) is 6.61 Å². The molecule has 0 aliphatic carbocycles. The fourth-order valence-corrected chi connectivity index (χ4v) is 0.875. The Morgan fingerprint density at radius 3 is 2.60 bits per heavy atom. The van der Waals surface area contributed by atoms with Crippen LogP contribution in [0.4, 0.5) is 0 Å². The Morgan fingerprint density at radius 2 is 2.07 bits per heavy atom. The summed E-state index contributed by atoms with van der Waals surface area (Å²) in [6.45, 7) is 5.72. The van der Waals surface area contributed by atoms with Crippen molar-refractivity contribution in [2.24, 2.45) is 5.92 Å². The van der Waals surface area contributed by atoms with E-state index < -0.39 is 6.10 Å². The van der Waals surface area contributed by atoms with Crippen LogP contribution in [0.2, 0.25) is 0 Å². The van der Waals surface area contributed by atoms with Crippen LogP contribution in [-0.4, -0.2) is 23.8 Å². The molecule has 0 amide bonds. The van der Waals surface area contributed by atoms with E-state index in [2.05, 4.69) is 11.8 Å². The molecule has 15 heavy (non-hydrogen) atoms. The monoisotopic (exact) mass is 212 g/mol. The molecule has 0 rings (SSSR count). The van der Waals surface area contributed by atoms with Gasteiger partial charge in [-0.25, -0.2) is 0 Å². The molecule has 86 valence electrons. The summed E-state index contributed by atoms with van der Waals surface area (Å²) in [6.07, 6.45) is 1.93. The SMILES string of the molecule is CC(=O)OCCCCC#CC(O)C(C)C. The molecule has 0 aromatic heterocycles. The molecule has 0 saturated carbocycles. The number of rotatable bonds is 5. The summed E-state index contributed by atoms with van der Waals surface area (Å²) in [5.74, 6) is 5.63. The molecule has 0 aliphatic rings. The molecule has 0 aliphatic heterocycles. The molecule has 0 spiro atoms. The number of unbranched alkanes of at least 4 members (excludes halogenated alkanes) is 2. The van der Waals surface area contributed by atoms with E-state index in [1.54, 1.807) is 0 Å². The highest BCUT2D eigenvalue weighted by Gasteiger charge is 2.02. The maximum Gasteiger partial charge on any atom is 0.302 e. The van der Waals surface area contributed by atoms with E-state index in [-0.39, 0.29) is 11.9 Å². The summed E-state index contributed by atoms with van der Waals surface area (Å²) < 4.78 is 4.77. The average Bonchev–Trinajstić information content (AvgIpc) is 2.15. The maximum absolute atomic E-state index is 10.4. The van der Waals surface area contributed by atoms with Gasteiger partial charge in [0.25, 0.3) is 0 Å². The van der Waals surface area contributed by atoms with Crippen molar-refractivity contribution in [2.45, 2.75) is 46.1 Å². The van der Waals surface area contributed by atoms with Gasteiger partial charge >= 0.3 is 5.97 Å². The van der Waals surface area contributed by atoms with Crippen molar-refractivity contribution in [3.63, 3.8) is 0 Å². The van der Waals surface area contributed by atoms with Crippen molar-refractivity contribution in [2.75, 3.05) is 6.61 Å². The second kappa shape index (κ2) is 8.31. The second-order valence-corrected chi connectivity index (χ2v) is 3.81. The van der Waals surface area contributed by atoms with E-state index in [9.17, 15) is 9.90 Å². The summed E-state index contributed by atoms with van der Waals surface area (Å²) in [7, 11) is 0. The highest BCUT2D eigenvalue weighted by Crippen LogP contribution is 2.00. The zero-order chi connectivity index (χ0) is 11.7. The molecule has 0 radical (unpaired) electrons. The largest absolute Gasteiger partial charge is 0.466 e. The summed E-state index contributed by atoms with van der Waals surface area (Å²) in [5.41, 5.74) is 0. The van der Waals surface area contributed by atoms with Crippen LogP contribution < -0.4 is 0 Å². The van der Waals surface area contributed by atoms with Crippen molar-refractivity contribution < 1.29 is 14.6 Å². The Kier molecular flexibility index (Phi) is 7.75. The summed E-state index contributed by atoms with van der Waals surface area (Å²) in [4.78, 5) is 10.4. The number of esters is 1. The molecule has 1 N–H and O–H groups in total. The van der Waals surface area contributed by atoms with Crippen LogP contribution in [0.1, 0.15) is 40.0 Å². The van der Waals surface area contributed by atoms with Crippen LogP contribution in [0.15, 0.2) is 0 Å². The van der Waals surface area contributed by atoms with Gasteiger partial charge in [-0.15, -0.1) is 5.92 Å². The number of carbonyl (C=O) groups excluding carboxylic acids is 1. The minimum atomic E-state index is -0.529. The maximum atomic E-state index is 10.4. The van der Waals surface area contributed by atoms with Crippen molar-refractivity contribution in [3.05, 3.63) is 0 Å². The fourth-order valence-electron chi connectivity index (χ4n) is 0.875. The first kappa shape index (κ1) is 14.0. The predicted octanol–water partition coefficient (Wildman–Crippen LogP) is 1.74. The molecule has 0 heterocycles. The van der Waals surface area contributed by atoms with Gasteiger partial charge in [-0.1, -0.05) is 19.8 Å². The Balaban J connectivity index is 3.41. The normalized spacial score (nSPS) is 11.8. The highest BCUT2D eigenvalue weighted by molar-refractivity contribution is 5.65. The number of aliphatic hydroxyl groups excluding tert-OH is 1. The van der Waals surface area contributed by atoms with Crippen LogP contribution in [0, 0.1) is 17.8 Å². The zero-order valence-corrected chi connectivity index (χ0v) is 9.75. The van der Waals surface area contributed by atoms with E-state index in [1.807, 2.05) is 13.8 Å². The molecule has 3 nitrogen and oxygen atoms in total. The molecule has 0 fully saturated rings. The smallest absolute Gasteiger partial charge is 0.302 e. The number of hydrogen-bond donors (Lipinski definition) is 1. The van der Waals surface area contributed by atoms with Crippen molar-refractivity contribution in [1.82, 2.24) is 0 Å². The molecular formula is C12H20O3. The number of carbonyl (C=O) groups is 1. The third-order valence-electron chi connectivity index (χ3n) is 1.88. The Morgan fingerprint density at radius 1 is 1.40 bits per heavy atom. The topological polar surface area (TPSA) is 46.5 Å². The summed E-state index contributed by atoms with van der Waals surface area (Å²) in [5, 5.41) is 9.36. The number of ether oxygens (including phenoxy) is 1. The molecular weight excluding hydrogens is 192 g/mol. The third-order valence-corrected chi connectivity index (χ3v) is 1.88. The predicted molar refractivity (Wildman–Crippen MR) is 59.1 cm³/mol. The number of aliphatic hydroxyl groups is 1. The first-order chi connectivity index (χ1) is 7.04. The molecule has 0 bridgehead atoms. The van der Waals surface area contributed by atoms with E-state index >= 15 is 0 Å². The molecule has 0 saturated heterocycles. The van der Waals surface area contributed by atoms with Gasteiger partial charge in [0.2, 0.25) is 0 Å². The van der Waals surface area contributed by atoms with Gasteiger partial charge in [-0.2, -0.15) is 0 Å². The van der Waals surface area contributed by atoms with E-state index in [1.165, 1.54) is 6.92 Å². The van der Waals surface area contributed by atoms with Gasteiger partial charge < -0.3 is 9.84 Å². The van der Waals surface area contributed by atoms with Crippen molar-refractivity contribution in [1.29, 1.82) is 0 Å². The van der Waals surface area contributed by atoms with E-state index in [0.717, 1.165) is 19.3 Å². The van der Waals surface area contributed by atoms with Crippen LogP contribution in [0.3, 0.4) is 0 Å². The van der Waals surface area contributed by atoms with Crippen molar-refractivity contribution in [3.8, 4) is 11.8 Å². The zero-order valence-electron chi connectivity index (χ0n) is 9.75. The lowest BCUT2D eigenvalue weighted by Gasteiger charge is -2.05. The molecule has 0 aromatic rings. The van der Waals surface area contributed by atoms with Gasteiger partial charge in [-0.3, -0.25) is 4.79 Å². The summed E-state index contributed by atoms with van der Waals surface area (Å²) >= 11 is 0. The van der Waals surface area contributed by atoms with Gasteiger partial charge in [0.15, 0.2) is 0 Å². The van der Waals surface area contributed by atoms with Crippen LogP contribution in [0.25, 0.3) is 0 Å². The molecule has 3 heteroatoms. The lowest BCUT2D eigenvalue weighted by Crippen LogP contribution is -2.11. The lowest BCUT2D eigenvalue weighted by atomic mass is 10.1. The van der Waals surface area contributed by atoms with E-state index in [0.29, 0.717) is 6.61 Å². The Hall–Kier alpha value is -1.01. The van der Waals surface area contributed by atoms with Crippen molar-refractivity contribution >= 4 is 5.97 Å². The average molecular weight is 212 g/mol. The minimum absolute atomic E-state index is 0.179. The number of hydrogen-bond acceptors (Lipinski definition) is 3. The Labute approximate surface area is 91.8 Å². The van der Waals surface area contributed by atoms with Gasteiger partial charge in [-0.05, 0) is 18.8 Å².